The summed E-state index contributed by atoms with van der Waals surface area (Å²) in [5.41, 5.74) is 0. The summed E-state index contributed by atoms with van der Waals surface area (Å²) in [6, 6.07) is 0. The van der Waals surface area contributed by atoms with E-state index < -0.39 is 0 Å². The van der Waals surface area contributed by atoms with Crippen LogP contribution in [0.3, 0.4) is 0 Å². The van der Waals surface area contributed by atoms with Crippen LogP contribution in [0, 0.1) is 23.0 Å². The summed E-state index contributed by atoms with van der Waals surface area (Å²) in [5, 5.41) is 10.5. The number of quaternary nitrogens is 1. The molecule has 2 saturated carbocycles. The largest absolute Gasteiger partial charge is 0.600 e. The highest BCUT2D eigenvalue weighted by Gasteiger charge is 2.39. The quantitative estimate of drug-likeness (QED) is 0.623. The highest BCUT2D eigenvalue weighted by Crippen LogP contribution is 2.48. The van der Waals surface area contributed by atoms with Gasteiger partial charge in [-0.05, 0) is 37.0 Å². The molecule has 70 valence electrons. The average molecular weight is 171 g/mol. The molecule has 0 saturated heterocycles. The van der Waals surface area contributed by atoms with E-state index in [1.807, 2.05) is 0 Å². The van der Waals surface area contributed by atoms with E-state index >= 15 is 0 Å². The Hall–Kier alpha value is -0.120. The number of hydroxylamine groups is 2. The topological polar surface area (TPSA) is 36.7 Å². The SMILES string of the molecule is C[NH+]([O-])OCC1CC2CCC1C2. The van der Waals surface area contributed by atoms with Gasteiger partial charge < -0.3 is 5.21 Å². The first-order chi connectivity index (χ1) is 5.75. The Kier molecular flexibility index (Phi) is 2.35. The van der Waals surface area contributed by atoms with Gasteiger partial charge in [-0.15, -0.1) is 0 Å². The highest BCUT2D eigenvalue weighted by molar-refractivity contribution is 4.89. The first-order valence-corrected chi connectivity index (χ1v) is 4.89. The Morgan fingerprint density at radius 3 is 2.75 bits per heavy atom. The Balaban J connectivity index is 1.76. The average Bonchev–Trinajstić information content (AvgIpc) is 2.60. The van der Waals surface area contributed by atoms with E-state index in [0.717, 1.165) is 11.8 Å². The van der Waals surface area contributed by atoms with Crippen molar-refractivity contribution in [2.45, 2.75) is 25.7 Å². The first kappa shape index (κ1) is 8.48. The summed E-state index contributed by atoms with van der Waals surface area (Å²) in [5.74, 6) is 2.51. The molecule has 2 fully saturated rings. The minimum Gasteiger partial charge on any atom is -0.600 e. The van der Waals surface area contributed by atoms with Crippen LogP contribution in [0.25, 0.3) is 0 Å². The summed E-state index contributed by atoms with van der Waals surface area (Å²) in [6.45, 7) is 0.677. The molecular formula is C9H17NO2. The van der Waals surface area contributed by atoms with Crippen LogP contribution in [0.4, 0.5) is 0 Å². The molecule has 0 aliphatic heterocycles. The molecule has 3 heteroatoms. The molecule has 2 aliphatic rings. The van der Waals surface area contributed by atoms with Crippen molar-refractivity contribution < 1.29 is 10.1 Å². The lowest BCUT2D eigenvalue weighted by atomic mass is 9.90. The summed E-state index contributed by atoms with van der Waals surface area (Å²) >= 11 is 0. The summed E-state index contributed by atoms with van der Waals surface area (Å²) in [7, 11) is 1.49. The van der Waals surface area contributed by atoms with Crippen LogP contribution in [-0.4, -0.2) is 13.7 Å². The van der Waals surface area contributed by atoms with Crippen molar-refractivity contribution in [1.82, 2.24) is 0 Å². The first-order valence-electron chi connectivity index (χ1n) is 4.89. The lowest BCUT2D eigenvalue weighted by Gasteiger charge is -2.23. The van der Waals surface area contributed by atoms with Gasteiger partial charge in [0.05, 0.1) is 7.05 Å². The molecule has 0 heterocycles. The van der Waals surface area contributed by atoms with E-state index in [0.29, 0.717) is 12.5 Å². The van der Waals surface area contributed by atoms with Gasteiger partial charge in [-0.1, -0.05) is 6.42 Å². The fourth-order valence-electron chi connectivity index (χ4n) is 2.80. The molecular weight excluding hydrogens is 154 g/mol. The minimum atomic E-state index is -0.127. The van der Waals surface area contributed by atoms with Gasteiger partial charge in [-0.3, -0.25) is 0 Å². The smallest absolute Gasteiger partial charge is 0.110 e. The molecule has 2 aliphatic carbocycles. The maximum atomic E-state index is 10.6. The third kappa shape index (κ3) is 1.63. The standard InChI is InChI=1S/C9H17NO2/c1-10(11)12-6-9-5-7-2-3-8(9)4-7/h7-10H,2-6H2,1H3. The van der Waals surface area contributed by atoms with Crippen molar-refractivity contribution in [2.24, 2.45) is 17.8 Å². The molecule has 12 heavy (non-hydrogen) atoms. The molecule has 0 spiro atoms. The van der Waals surface area contributed by atoms with Crippen LogP contribution < -0.4 is 5.23 Å². The Morgan fingerprint density at radius 2 is 2.25 bits per heavy atom. The number of rotatable bonds is 3. The Morgan fingerprint density at radius 1 is 1.42 bits per heavy atom. The summed E-state index contributed by atoms with van der Waals surface area (Å²) < 4.78 is 0. The number of fused-ring (bicyclic) bond motifs is 2. The second-order valence-electron chi connectivity index (χ2n) is 4.24. The maximum Gasteiger partial charge on any atom is 0.110 e. The van der Waals surface area contributed by atoms with E-state index in [4.69, 9.17) is 4.84 Å². The van der Waals surface area contributed by atoms with E-state index in [1.165, 1.54) is 32.7 Å². The van der Waals surface area contributed by atoms with E-state index in [1.54, 1.807) is 0 Å². The molecule has 4 atom stereocenters. The van der Waals surface area contributed by atoms with Crippen LogP contribution >= 0.6 is 0 Å². The second kappa shape index (κ2) is 3.32. The van der Waals surface area contributed by atoms with Crippen LogP contribution in [0.2, 0.25) is 0 Å². The Bertz CT molecular complexity index is 161. The van der Waals surface area contributed by atoms with Crippen molar-refractivity contribution in [1.29, 1.82) is 0 Å². The van der Waals surface area contributed by atoms with E-state index in [2.05, 4.69) is 0 Å². The zero-order valence-electron chi connectivity index (χ0n) is 7.58. The van der Waals surface area contributed by atoms with Gasteiger partial charge in [0.2, 0.25) is 0 Å². The zero-order valence-corrected chi connectivity index (χ0v) is 7.58. The van der Waals surface area contributed by atoms with Gasteiger partial charge in [-0.2, -0.15) is 0 Å². The third-order valence-corrected chi connectivity index (χ3v) is 3.39. The van der Waals surface area contributed by atoms with E-state index in [-0.39, 0.29) is 5.23 Å². The van der Waals surface area contributed by atoms with Gasteiger partial charge in [0.1, 0.15) is 6.61 Å². The molecule has 2 bridgehead atoms. The fourth-order valence-corrected chi connectivity index (χ4v) is 2.80. The molecule has 0 radical (unpaired) electrons. The molecule has 0 aromatic carbocycles. The van der Waals surface area contributed by atoms with Crippen molar-refractivity contribution in [3.8, 4) is 0 Å². The summed E-state index contributed by atoms with van der Waals surface area (Å²) in [6.07, 6.45) is 5.49. The highest BCUT2D eigenvalue weighted by atomic mass is 16.9. The lowest BCUT2D eigenvalue weighted by Crippen LogP contribution is -3.02. The van der Waals surface area contributed by atoms with Gasteiger partial charge in [0, 0.05) is 0 Å². The minimum absolute atomic E-state index is 0.127. The van der Waals surface area contributed by atoms with Crippen molar-refractivity contribution >= 4 is 0 Å². The van der Waals surface area contributed by atoms with Gasteiger partial charge in [0.15, 0.2) is 0 Å². The van der Waals surface area contributed by atoms with Crippen molar-refractivity contribution in [3.05, 3.63) is 5.21 Å². The molecule has 3 nitrogen and oxygen atoms in total. The second-order valence-corrected chi connectivity index (χ2v) is 4.24. The van der Waals surface area contributed by atoms with Gasteiger partial charge in [0.25, 0.3) is 0 Å². The molecule has 0 aromatic rings. The monoisotopic (exact) mass is 171 g/mol. The zero-order chi connectivity index (χ0) is 8.55. The molecule has 0 aromatic heterocycles. The van der Waals surface area contributed by atoms with E-state index in [9.17, 15) is 5.21 Å². The third-order valence-electron chi connectivity index (χ3n) is 3.39. The molecule has 0 amide bonds. The van der Waals surface area contributed by atoms with Crippen LogP contribution in [-0.2, 0) is 4.84 Å². The predicted octanol–water partition coefficient (Wildman–Crippen LogP) is 0.367. The van der Waals surface area contributed by atoms with Gasteiger partial charge >= 0.3 is 0 Å². The van der Waals surface area contributed by atoms with Crippen LogP contribution in [0.1, 0.15) is 25.7 Å². The lowest BCUT2D eigenvalue weighted by molar-refractivity contribution is -1.04. The summed E-state index contributed by atoms with van der Waals surface area (Å²) in [4.78, 5) is 5.04. The van der Waals surface area contributed by atoms with Crippen molar-refractivity contribution in [3.63, 3.8) is 0 Å². The number of hydrogen-bond donors (Lipinski definition) is 1. The fraction of sp³-hybridized carbons (Fsp3) is 1.00. The number of hydrogen-bond acceptors (Lipinski definition) is 2. The molecule has 2 rings (SSSR count). The molecule has 4 unspecified atom stereocenters. The predicted molar refractivity (Wildman–Crippen MR) is 45.1 cm³/mol. The maximum absolute atomic E-state index is 10.6. The van der Waals surface area contributed by atoms with Crippen LogP contribution in [0.5, 0.6) is 0 Å². The van der Waals surface area contributed by atoms with Crippen molar-refractivity contribution in [2.75, 3.05) is 13.7 Å². The number of nitrogens with one attached hydrogen (secondary N) is 1. The van der Waals surface area contributed by atoms with Gasteiger partial charge in [-0.25, -0.2) is 10.1 Å². The van der Waals surface area contributed by atoms with Crippen LogP contribution in [0.15, 0.2) is 0 Å². The molecule has 1 N–H and O–H groups in total. The normalized spacial score (nSPS) is 42.0. The Labute approximate surface area is 73.2 Å².